The standard InChI is InChI=1S/C23H28N2O2/c1-2-6-20(18-7-4-3-5-8-18)24-22(26)21-14-13-19(17-11-12-17)23(25-21)27-15-16-9-10-16/h3-5,7-8,13-14,16-17,20H,2,6,9-12,15H2,1H3,(H,24,26)/t20-/m1/s1. The fourth-order valence-electron chi connectivity index (χ4n) is 3.41. The molecule has 0 spiro atoms. The Hall–Kier alpha value is -2.36. The van der Waals surface area contributed by atoms with Crippen molar-refractivity contribution in [2.75, 3.05) is 6.61 Å². The number of hydrogen-bond acceptors (Lipinski definition) is 3. The highest BCUT2D eigenvalue weighted by Crippen LogP contribution is 2.44. The number of carbonyl (C=O) groups excluding carboxylic acids is 1. The molecule has 2 aliphatic carbocycles. The molecule has 0 aliphatic heterocycles. The Morgan fingerprint density at radius 2 is 1.93 bits per heavy atom. The molecule has 2 fully saturated rings. The van der Waals surface area contributed by atoms with Crippen LogP contribution in [0.5, 0.6) is 5.88 Å². The van der Waals surface area contributed by atoms with E-state index in [1.165, 1.54) is 31.2 Å². The lowest BCUT2D eigenvalue weighted by molar-refractivity contribution is 0.0928. The van der Waals surface area contributed by atoms with Crippen molar-refractivity contribution in [2.24, 2.45) is 5.92 Å². The molecule has 1 N–H and O–H groups in total. The SMILES string of the molecule is CCC[C@@H](NC(=O)c1ccc(C2CC2)c(OCC2CC2)n1)c1ccccc1. The van der Waals surface area contributed by atoms with Crippen LogP contribution >= 0.6 is 0 Å². The number of ether oxygens (including phenoxy) is 1. The molecule has 0 bridgehead atoms. The van der Waals surface area contributed by atoms with E-state index in [4.69, 9.17) is 4.74 Å². The molecular formula is C23H28N2O2. The van der Waals surface area contributed by atoms with Gasteiger partial charge >= 0.3 is 0 Å². The quantitative estimate of drug-likeness (QED) is 0.680. The predicted octanol–water partition coefficient (Wildman–Crippen LogP) is 5.02. The minimum Gasteiger partial charge on any atom is -0.477 e. The van der Waals surface area contributed by atoms with Crippen molar-refractivity contribution in [1.82, 2.24) is 10.3 Å². The van der Waals surface area contributed by atoms with Crippen molar-refractivity contribution in [1.29, 1.82) is 0 Å². The van der Waals surface area contributed by atoms with Crippen LogP contribution in [0.1, 0.15) is 79.0 Å². The van der Waals surface area contributed by atoms with E-state index >= 15 is 0 Å². The van der Waals surface area contributed by atoms with E-state index in [1.807, 2.05) is 30.3 Å². The van der Waals surface area contributed by atoms with Gasteiger partial charge in [0.25, 0.3) is 5.91 Å². The molecule has 2 aromatic rings. The largest absolute Gasteiger partial charge is 0.477 e. The summed E-state index contributed by atoms with van der Waals surface area (Å²) in [5, 5.41) is 3.16. The van der Waals surface area contributed by atoms with E-state index in [-0.39, 0.29) is 11.9 Å². The second kappa shape index (κ2) is 8.12. The van der Waals surface area contributed by atoms with Gasteiger partial charge in [-0.25, -0.2) is 4.98 Å². The van der Waals surface area contributed by atoms with Gasteiger partial charge in [0, 0.05) is 5.56 Å². The van der Waals surface area contributed by atoms with Crippen molar-refractivity contribution in [3.8, 4) is 5.88 Å². The fraction of sp³-hybridized carbons (Fsp3) is 0.478. The molecule has 4 nitrogen and oxygen atoms in total. The molecule has 1 atom stereocenters. The zero-order chi connectivity index (χ0) is 18.6. The summed E-state index contributed by atoms with van der Waals surface area (Å²) in [6.45, 7) is 2.86. The molecule has 142 valence electrons. The zero-order valence-corrected chi connectivity index (χ0v) is 16.0. The molecule has 2 aliphatic rings. The molecule has 4 rings (SSSR count). The maximum absolute atomic E-state index is 12.9. The van der Waals surface area contributed by atoms with Gasteiger partial charge in [0.2, 0.25) is 5.88 Å². The van der Waals surface area contributed by atoms with E-state index in [9.17, 15) is 4.79 Å². The minimum atomic E-state index is -0.129. The summed E-state index contributed by atoms with van der Waals surface area (Å²) >= 11 is 0. The minimum absolute atomic E-state index is 0.00411. The number of amides is 1. The normalized spacial score (nSPS) is 17.4. The highest BCUT2D eigenvalue weighted by Gasteiger charge is 2.30. The van der Waals surface area contributed by atoms with Crippen LogP contribution in [0.4, 0.5) is 0 Å². The summed E-state index contributed by atoms with van der Waals surface area (Å²) < 4.78 is 6.00. The summed E-state index contributed by atoms with van der Waals surface area (Å²) in [6, 6.07) is 14.0. The number of pyridine rings is 1. The Kier molecular flexibility index (Phi) is 5.42. The van der Waals surface area contributed by atoms with E-state index in [2.05, 4.69) is 29.4 Å². The first-order valence-electron chi connectivity index (χ1n) is 10.2. The summed E-state index contributed by atoms with van der Waals surface area (Å²) in [5.41, 5.74) is 2.75. The molecule has 1 heterocycles. The van der Waals surface area contributed by atoms with Crippen LogP contribution in [0.25, 0.3) is 0 Å². The number of rotatable bonds is 9. The lowest BCUT2D eigenvalue weighted by Gasteiger charge is -2.19. The maximum Gasteiger partial charge on any atom is 0.270 e. The number of hydrogen-bond donors (Lipinski definition) is 1. The third-order valence-corrected chi connectivity index (χ3v) is 5.38. The van der Waals surface area contributed by atoms with E-state index < -0.39 is 0 Å². The molecular weight excluding hydrogens is 336 g/mol. The van der Waals surface area contributed by atoms with Crippen LogP contribution in [-0.4, -0.2) is 17.5 Å². The molecule has 2 saturated carbocycles. The smallest absolute Gasteiger partial charge is 0.270 e. The molecule has 1 amide bonds. The Morgan fingerprint density at radius 1 is 1.15 bits per heavy atom. The van der Waals surface area contributed by atoms with Crippen LogP contribution in [0, 0.1) is 5.92 Å². The van der Waals surface area contributed by atoms with Crippen molar-refractivity contribution in [3.05, 3.63) is 59.3 Å². The van der Waals surface area contributed by atoms with Gasteiger partial charge in [-0.3, -0.25) is 4.79 Å². The van der Waals surface area contributed by atoms with E-state index in [0.29, 0.717) is 23.4 Å². The molecule has 0 saturated heterocycles. The van der Waals surface area contributed by atoms with E-state index in [1.54, 1.807) is 0 Å². The topological polar surface area (TPSA) is 51.2 Å². The highest BCUT2D eigenvalue weighted by molar-refractivity contribution is 5.92. The summed E-state index contributed by atoms with van der Waals surface area (Å²) in [6.07, 6.45) is 6.78. The lowest BCUT2D eigenvalue weighted by Crippen LogP contribution is -2.29. The summed E-state index contributed by atoms with van der Waals surface area (Å²) in [5.74, 6) is 1.77. The average Bonchev–Trinajstić information content (AvgIpc) is 3.60. The Balaban J connectivity index is 1.50. The number of carbonyl (C=O) groups is 1. The van der Waals surface area contributed by atoms with Gasteiger partial charge in [0.1, 0.15) is 5.69 Å². The van der Waals surface area contributed by atoms with Crippen LogP contribution in [0.2, 0.25) is 0 Å². The maximum atomic E-state index is 12.9. The van der Waals surface area contributed by atoms with Crippen molar-refractivity contribution in [3.63, 3.8) is 0 Å². The van der Waals surface area contributed by atoms with Gasteiger partial charge in [-0.05, 0) is 55.6 Å². The van der Waals surface area contributed by atoms with Gasteiger partial charge in [0.05, 0.1) is 12.6 Å². The second-order valence-electron chi connectivity index (χ2n) is 7.84. The van der Waals surface area contributed by atoms with Crippen LogP contribution in [0.3, 0.4) is 0 Å². The van der Waals surface area contributed by atoms with Crippen LogP contribution < -0.4 is 10.1 Å². The number of nitrogens with one attached hydrogen (secondary N) is 1. The predicted molar refractivity (Wildman–Crippen MR) is 106 cm³/mol. The van der Waals surface area contributed by atoms with Gasteiger partial charge in [0.15, 0.2) is 0 Å². The second-order valence-corrected chi connectivity index (χ2v) is 7.84. The molecule has 1 aromatic heterocycles. The first kappa shape index (κ1) is 18.0. The van der Waals surface area contributed by atoms with Crippen molar-refractivity contribution < 1.29 is 9.53 Å². The van der Waals surface area contributed by atoms with Crippen molar-refractivity contribution in [2.45, 2.75) is 57.4 Å². The number of aromatic nitrogens is 1. The summed E-state index contributed by atoms with van der Waals surface area (Å²) in [4.78, 5) is 17.5. The van der Waals surface area contributed by atoms with Gasteiger partial charge in [-0.15, -0.1) is 0 Å². The lowest BCUT2D eigenvalue weighted by atomic mass is 10.0. The van der Waals surface area contributed by atoms with Crippen LogP contribution in [0.15, 0.2) is 42.5 Å². The molecule has 27 heavy (non-hydrogen) atoms. The number of nitrogens with zero attached hydrogens (tertiary/aromatic N) is 1. The van der Waals surface area contributed by atoms with Crippen LogP contribution in [-0.2, 0) is 0 Å². The molecule has 0 unspecified atom stereocenters. The Morgan fingerprint density at radius 3 is 2.59 bits per heavy atom. The first-order valence-corrected chi connectivity index (χ1v) is 10.2. The van der Waals surface area contributed by atoms with E-state index in [0.717, 1.165) is 25.0 Å². The molecule has 0 radical (unpaired) electrons. The average molecular weight is 364 g/mol. The summed E-state index contributed by atoms with van der Waals surface area (Å²) in [7, 11) is 0. The third-order valence-electron chi connectivity index (χ3n) is 5.38. The third kappa shape index (κ3) is 4.68. The Labute approximate surface area is 161 Å². The highest BCUT2D eigenvalue weighted by atomic mass is 16.5. The van der Waals surface area contributed by atoms with Gasteiger partial charge < -0.3 is 10.1 Å². The van der Waals surface area contributed by atoms with Gasteiger partial charge in [-0.1, -0.05) is 49.7 Å². The monoisotopic (exact) mass is 364 g/mol. The zero-order valence-electron chi connectivity index (χ0n) is 16.0. The van der Waals surface area contributed by atoms with Crippen molar-refractivity contribution >= 4 is 5.91 Å². The number of benzene rings is 1. The fourth-order valence-corrected chi connectivity index (χ4v) is 3.41. The molecule has 4 heteroatoms. The molecule has 1 aromatic carbocycles. The first-order chi connectivity index (χ1) is 13.2. The van der Waals surface area contributed by atoms with Gasteiger partial charge in [-0.2, -0.15) is 0 Å². The Bertz CT molecular complexity index is 782.